The normalized spacial score (nSPS) is 12.8. The van der Waals surface area contributed by atoms with Crippen LogP contribution in [-0.4, -0.2) is 6.54 Å². The zero-order valence-electron chi connectivity index (χ0n) is 11.0. The van der Waals surface area contributed by atoms with E-state index < -0.39 is 0 Å². The molecule has 2 heterocycles. The van der Waals surface area contributed by atoms with Crippen LogP contribution in [0.25, 0.3) is 0 Å². The highest BCUT2D eigenvalue weighted by molar-refractivity contribution is 9.13. The van der Waals surface area contributed by atoms with Crippen molar-refractivity contribution in [2.24, 2.45) is 0 Å². The maximum Gasteiger partial charge on any atom is 0.0843 e. The third-order valence-corrected chi connectivity index (χ3v) is 7.48. The van der Waals surface area contributed by atoms with Gasteiger partial charge in [-0.25, -0.2) is 0 Å². The Morgan fingerprint density at radius 1 is 1.16 bits per heavy atom. The second-order valence-electron chi connectivity index (χ2n) is 4.32. The summed E-state index contributed by atoms with van der Waals surface area (Å²) in [6.45, 7) is 5.45. The first-order chi connectivity index (χ1) is 9.15. The molecule has 1 unspecified atom stereocenters. The van der Waals surface area contributed by atoms with Crippen LogP contribution in [0.3, 0.4) is 0 Å². The molecule has 19 heavy (non-hydrogen) atoms. The van der Waals surface area contributed by atoms with E-state index in [-0.39, 0.29) is 0 Å². The number of aryl methyl sites for hydroxylation is 1. The molecule has 0 bridgehead atoms. The van der Waals surface area contributed by atoms with Crippen LogP contribution in [0, 0.1) is 0 Å². The molecule has 0 saturated carbocycles. The van der Waals surface area contributed by atoms with Gasteiger partial charge in [0.05, 0.1) is 9.83 Å². The molecule has 0 amide bonds. The van der Waals surface area contributed by atoms with Gasteiger partial charge in [-0.15, -0.1) is 22.7 Å². The lowest BCUT2D eigenvalue weighted by molar-refractivity contribution is 0.613. The lowest BCUT2D eigenvalue weighted by atomic mass is 10.2. The third kappa shape index (κ3) is 3.91. The summed E-state index contributed by atoms with van der Waals surface area (Å²) >= 11 is 10.9. The van der Waals surface area contributed by atoms with Crippen LogP contribution >= 0.6 is 54.5 Å². The van der Waals surface area contributed by atoms with Crippen molar-refractivity contribution in [1.29, 1.82) is 0 Å². The fourth-order valence-electron chi connectivity index (χ4n) is 1.88. The van der Waals surface area contributed by atoms with Gasteiger partial charge in [-0.3, -0.25) is 0 Å². The van der Waals surface area contributed by atoms with Gasteiger partial charge >= 0.3 is 0 Å². The van der Waals surface area contributed by atoms with Crippen LogP contribution < -0.4 is 5.32 Å². The quantitative estimate of drug-likeness (QED) is 0.602. The molecule has 1 nitrogen and oxygen atoms in total. The van der Waals surface area contributed by atoms with E-state index >= 15 is 0 Å². The summed E-state index contributed by atoms with van der Waals surface area (Å²) in [4.78, 5) is 4.22. The molecule has 0 fully saturated rings. The van der Waals surface area contributed by atoms with Crippen molar-refractivity contribution >= 4 is 54.5 Å². The van der Waals surface area contributed by atoms with E-state index in [1.165, 1.54) is 14.6 Å². The molecule has 1 atom stereocenters. The molecule has 1 N–H and O–H groups in total. The van der Waals surface area contributed by atoms with Crippen molar-refractivity contribution in [3.05, 3.63) is 41.1 Å². The minimum atomic E-state index is 0.317. The van der Waals surface area contributed by atoms with E-state index in [1.54, 1.807) is 11.3 Å². The molecule has 2 aromatic rings. The van der Waals surface area contributed by atoms with Crippen LogP contribution in [0.4, 0.5) is 0 Å². The van der Waals surface area contributed by atoms with Crippen molar-refractivity contribution in [2.45, 2.75) is 32.7 Å². The summed E-state index contributed by atoms with van der Waals surface area (Å²) < 4.78 is 2.31. The molecular formula is C14H17Br2NS2. The zero-order valence-corrected chi connectivity index (χ0v) is 15.8. The first-order valence-electron chi connectivity index (χ1n) is 6.42. The first-order valence-corrected chi connectivity index (χ1v) is 9.64. The van der Waals surface area contributed by atoms with Gasteiger partial charge in [-0.1, -0.05) is 13.8 Å². The highest BCUT2D eigenvalue weighted by Crippen LogP contribution is 2.39. The monoisotopic (exact) mass is 421 g/mol. The Morgan fingerprint density at radius 3 is 2.47 bits per heavy atom. The second-order valence-corrected chi connectivity index (χ2v) is 8.77. The van der Waals surface area contributed by atoms with Crippen molar-refractivity contribution in [3.8, 4) is 0 Å². The number of rotatable bonds is 6. The molecular weight excluding hydrogens is 406 g/mol. The zero-order chi connectivity index (χ0) is 13.8. The third-order valence-electron chi connectivity index (χ3n) is 2.86. The predicted octanol–water partition coefficient (Wildman–Crippen LogP) is 5.99. The topological polar surface area (TPSA) is 12.0 Å². The standard InChI is InChI=1S/C14H17Br2NS2/c1-3-7-17-13(11-6-5-9(4-2)18-11)12-8-10(15)14(16)19-12/h5-6,8,13,17H,3-4,7H2,1-2H3. The molecule has 0 aliphatic carbocycles. The summed E-state index contributed by atoms with van der Waals surface area (Å²) in [7, 11) is 0. The molecule has 104 valence electrons. The van der Waals surface area contributed by atoms with Gasteiger partial charge in [0.2, 0.25) is 0 Å². The van der Waals surface area contributed by atoms with Crippen molar-refractivity contribution in [1.82, 2.24) is 5.32 Å². The van der Waals surface area contributed by atoms with Crippen molar-refractivity contribution in [2.75, 3.05) is 6.54 Å². The number of halogens is 2. The highest BCUT2D eigenvalue weighted by atomic mass is 79.9. The second kappa shape index (κ2) is 7.36. The number of hydrogen-bond acceptors (Lipinski definition) is 3. The fourth-order valence-corrected chi connectivity index (χ4v) is 5.18. The maximum atomic E-state index is 3.66. The van der Waals surface area contributed by atoms with E-state index in [0.29, 0.717) is 6.04 Å². The molecule has 0 aliphatic heterocycles. The van der Waals surface area contributed by atoms with Gasteiger partial charge < -0.3 is 5.32 Å². The molecule has 0 aliphatic rings. The summed E-state index contributed by atoms with van der Waals surface area (Å²) in [6.07, 6.45) is 2.26. The van der Waals surface area contributed by atoms with Crippen LogP contribution in [0.2, 0.25) is 0 Å². The molecule has 2 aromatic heterocycles. The Hall–Kier alpha value is 0.320. The lowest BCUT2D eigenvalue weighted by Gasteiger charge is -2.15. The minimum Gasteiger partial charge on any atom is -0.305 e. The van der Waals surface area contributed by atoms with E-state index in [2.05, 4.69) is 69.2 Å². The van der Waals surface area contributed by atoms with Gasteiger partial charge in [0.25, 0.3) is 0 Å². The largest absolute Gasteiger partial charge is 0.305 e. The van der Waals surface area contributed by atoms with Gasteiger partial charge in [-0.2, -0.15) is 0 Å². The van der Waals surface area contributed by atoms with Gasteiger partial charge in [0.1, 0.15) is 0 Å². The Balaban J connectivity index is 2.29. The molecule has 0 radical (unpaired) electrons. The summed E-state index contributed by atoms with van der Waals surface area (Å²) in [5.74, 6) is 0. The van der Waals surface area contributed by atoms with Crippen LogP contribution in [0.5, 0.6) is 0 Å². The predicted molar refractivity (Wildman–Crippen MR) is 93.6 cm³/mol. The lowest BCUT2D eigenvalue weighted by Crippen LogP contribution is -2.21. The Bertz CT molecular complexity index is 514. The Morgan fingerprint density at radius 2 is 1.95 bits per heavy atom. The molecule has 0 spiro atoms. The van der Waals surface area contributed by atoms with E-state index in [9.17, 15) is 0 Å². The van der Waals surface area contributed by atoms with Crippen LogP contribution in [-0.2, 0) is 6.42 Å². The maximum absolute atomic E-state index is 3.66. The van der Waals surface area contributed by atoms with E-state index in [4.69, 9.17) is 0 Å². The van der Waals surface area contributed by atoms with Gasteiger partial charge in [0.15, 0.2) is 0 Å². The Labute approximate surface area is 139 Å². The molecule has 0 aromatic carbocycles. The van der Waals surface area contributed by atoms with Crippen molar-refractivity contribution < 1.29 is 0 Å². The van der Waals surface area contributed by atoms with E-state index in [1.807, 2.05) is 11.3 Å². The molecule has 2 rings (SSSR count). The summed E-state index contributed by atoms with van der Waals surface area (Å²) in [5, 5.41) is 3.66. The van der Waals surface area contributed by atoms with Gasteiger partial charge in [-0.05, 0) is 69.4 Å². The Kier molecular flexibility index (Phi) is 6.09. The minimum absolute atomic E-state index is 0.317. The average Bonchev–Trinajstić information content (AvgIpc) is 2.98. The van der Waals surface area contributed by atoms with Crippen LogP contribution in [0.1, 0.15) is 40.9 Å². The summed E-state index contributed by atoms with van der Waals surface area (Å²) in [5.41, 5.74) is 0. The highest BCUT2D eigenvalue weighted by Gasteiger charge is 2.19. The fraction of sp³-hybridized carbons (Fsp3) is 0.429. The van der Waals surface area contributed by atoms with Crippen LogP contribution in [0.15, 0.2) is 26.5 Å². The number of nitrogens with one attached hydrogen (secondary N) is 1. The molecule has 5 heteroatoms. The van der Waals surface area contributed by atoms with Gasteiger partial charge in [0, 0.05) is 19.1 Å². The first kappa shape index (κ1) is 15.7. The number of hydrogen-bond donors (Lipinski definition) is 1. The van der Waals surface area contributed by atoms with Crippen molar-refractivity contribution in [3.63, 3.8) is 0 Å². The van der Waals surface area contributed by atoms with E-state index in [0.717, 1.165) is 27.6 Å². The SMILES string of the molecule is CCCNC(c1ccc(CC)s1)c1cc(Br)c(Br)s1. The smallest absolute Gasteiger partial charge is 0.0843 e. The number of thiophene rings is 2. The molecule has 0 saturated heterocycles. The average molecular weight is 423 g/mol. The summed E-state index contributed by atoms with van der Waals surface area (Å²) in [6, 6.07) is 7.04.